The van der Waals surface area contributed by atoms with Crippen LogP contribution in [0.5, 0.6) is 0 Å². The summed E-state index contributed by atoms with van der Waals surface area (Å²) in [7, 11) is 0. The minimum atomic E-state index is -0.715. The SMILES string of the molecule is NC(=O)Nc1ccc(C(=O)OCC(=O)NCc2ccc(F)cc2)cc1. The van der Waals surface area contributed by atoms with E-state index in [2.05, 4.69) is 10.6 Å². The number of rotatable bonds is 6. The molecule has 2 aromatic rings. The molecule has 0 unspecified atom stereocenters. The van der Waals surface area contributed by atoms with Gasteiger partial charge < -0.3 is 21.1 Å². The van der Waals surface area contributed by atoms with E-state index in [9.17, 15) is 18.8 Å². The van der Waals surface area contributed by atoms with Gasteiger partial charge in [-0.05, 0) is 42.0 Å². The monoisotopic (exact) mass is 345 g/mol. The number of benzene rings is 2. The van der Waals surface area contributed by atoms with Gasteiger partial charge in [0.1, 0.15) is 5.82 Å². The average molecular weight is 345 g/mol. The molecule has 8 heteroatoms. The van der Waals surface area contributed by atoms with Crippen LogP contribution in [0.15, 0.2) is 48.5 Å². The van der Waals surface area contributed by atoms with Crippen molar-refractivity contribution in [3.63, 3.8) is 0 Å². The topological polar surface area (TPSA) is 111 Å². The quantitative estimate of drug-likeness (QED) is 0.693. The van der Waals surface area contributed by atoms with Crippen LogP contribution in [0.25, 0.3) is 0 Å². The molecule has 0 bridgehead atoms. The third-order valence-electron chi connectivity index (χ3n) is 3.13. The third-order valence-corrected chi connectivity index (χ3v) is 3.13. The molecule has 0 atom stereocenters. The standard InChI is InChI=1S/C17H16FN3O4/c18-13-5-1-11(2-6-13)9-20-15(22)10-25-16(23)12-3-7-14(8-4-12)21-17(19)24/h1-8H,9-10H2,(H,20,22)(H3,19,21,24). The number of primary amides is 1. The van der Waals surface area contributed by atoms with Crippen molar-refractivity contribution in [1.82, 2.24) is 5.32 Å². The summed E-state index contributed by atoms with van der Waals surface area (Å²) in [5.41, 5.74) is 6.35. The molecule has 0 saturated carbocycles. The number of amides is 3. The van der Waals surface area contributed by atoms with Crippen molar-refractivity contribution in [2.75, 3.05) is 11.9 Å². The molecule has 25 heavy (non-hydrogen) atoms. The van der Waals surface area contributed by atoms with E-state index in [1.54, 1.807) is 12.1 Å². The first-order valence-corrected chi connectivity index (χ1v) is 7.29. The number of halogens is 1. The summed E-state index contributed by atoms with van der Waals surface area (Å²) in [6, 6.07) is 10.8. The fraction of sp³-hybridized carbons (Fsp3) is 0.118. The minimum Gasteiger partial charge on any atom is -0.452 e. The molecule has 0 radical (unpaired) electrons. The number of hydrogen-bond acceptors (Lipinski definition) is 4. The van der Waals surface area contributed by atoms with Crippen LogP contribution >= 0.6 is 0 Å². The number of hydrogen-bond donors (Lipinski definition) is 3. The Morgan fingerprint density at radius 1 is 1.00 bits per heavy atom. The van der Waals surface area contributed by atoms with Crippen molar-refractivity contribution in [2.24, 2.45) is 5.73 Å². The van der Waals surface area contributed by atoms with Crippen LogP contribution in [0.4, 0.5) is 14.9 Å². The second kappa shape index (κ2) is 8.44. The van der Waals surface area contributed by atoms with Crippen LogP contribution in [-0.2, 0) is 16.1 Å². The van der Waals surface area contributed by atoms with Crippen LogP contribution < -0.4 is 16.4 Å². The van der Waals surface area contributed by atoms with Crippen LogP contribution in [0, 0.1) is 5.82 Å². The van der Waals surface area contributed by atoms with Gasteiger partial charge in [0, 0.05) is 12.2 Å². The van der Waals surface area contributed by atoms with Gasteiger partial charge >= 0.3 is 12.0 Å². The van der Waals surface area contributed by atoms with Crippen LogP contribution in [0.3, 0.4) is 0 Å². The van der Waals surface area contributed by atoms with E-state index in [0.717, 1.165) is 5.56 Å². The van der Waals surface area contributed by atoms with Crippen molar-refractivity contribution < 1.29 is 23.5 Å². The third kappa shape index (κ3) is 5.94. The molecule has 2 aromatic carbocycles. The maximum absolute atomic E-state index is 12.8. The number of esters is 1. The maximum atomic E-state index is 12.8. The number of nitrogens with two attached hydrogens (primary N) is 1. The first kappa shape index (κ1) is 17.9. The second-order valence-corrected chi connectivity index (χ2v) is 5.05. The van der Waals surface area contributed by atoms with Crippen molar-refractivity contribution >= 4 is 23.6 Å². The normalized spacial score (nSPS) is 9.96. The molecular weight excluding hydrogens is 329 g/mol. The maximum Gasteiger partial charge on any atom is 0.338 e. The predicted molar refractivity (Wildman–Crippen MR) is 88.2 cm³/mol. The van der Waals surface area contributed by atoms with Gasteiger partial charge in [0.05, 0.1) is 5.56 Å². The lowest BCUT2D eigenvalue weighted by molar-refractivity contribution is -0.124. The lowest BCUT2D eigenvalue weighted by Gasteiger charge is -2.07. The summed E-state index contributed by atoms with van der Waals surface area (Å²) in [5, 5.41) is 4.91. The molecule has 0 aromatic heterocycles. The first-order chi connectivity index (χ1) is 11.9. The van der Waals surface area contributed by atoms with Gasteiger partial charge in [-0.3, -0.25) is 4.79 Å². The Morgan fingerprint density at radius 2 is 1.64 bits per heavy atom. The Kier molecular flexibility index (Phi) is 6.05. The Hall–Kier alpha value is -3.42. The van der Waals surface area contributed by atoms with Gasteiger partial charge in [-0.2, -0.15) is 0 Å². The van der Waals surface area contributed by atoms with Gasteiger partial charge in [0.25, 0.3) is 5.91 Å². The van der Waals surface area contributed by atoms with Gasteiger partial charge in [0.15, 0.2) is 6.61 Å². The summed E-state index contributed by atoms with van der Waals surface area (Å²) in [5.74, 6) is -1.52. The average Bonchev–Trinajstić information content (AvgIpc) is 2.59. The van der Waals surface area contributed by atoms with Crippen molar-refractivity contribution in [2.45, 2.75) is 6.54 Å². The van der Waals surface area contributed by atoms with E-state index in [1.165, 1.54) is 36.4 Å². The summed E-state index contributed by atoms with van der Waals surface area (Å²) < 4.78 is 17.7. The highest BCUT2D eigenvalue weighted by atomic mass is 19.1. The van der Waals surface area contributed by atoms with Crippen LogP contribution in [0.2, 0.25) is 0 Å². The molecule has 130 valence electrons. The van der Waals surface area contributed by atoms with Crippen LogP contribution in [0.1, 0.15) is 15.9 Å². The number of carbonyl (C=O) groups excluding carboxylic acids is 3. The molecule has 2 rings (SSSR count). The highest BCUT2D eigenvalue weighted by Crippen LogP contribution is 2.10. The van der Waals surface area contributed by atoms with Crippen LogP contribution in [-0.4, -0.2) is 24.5 Å². The van der Waals surface area contributed by atoms with Gasteiger partial charge in [0.2, 0.25) is 0 Å². The number of carbonyl (C=O) groups is 3. The zero-order valence-corrected chi connectivity index (χ0v) is 13.1. The zero-order chi connectivity index (χ0) is 18.2. The van der Waals surface area contributed by atoms with Gasteiger partial charge in [-0.1, -0.05) is 12.1 Å². The molecule has 3 amide bonds. The fourth-order valence-corrected chi connectivity index (χ4v) is 1.90. The molecule has 0 aliphatic carbocycles. The first-order valence-electron chi connectivity index (χ1n) is 7.29. The summed E-state index contributed by atoms with van der Waals surface area (Å²) in [4.78, 5) is 34.2. The molecule has 0 aliphatic rings. The molecule has 0 aliphatic heterocycles. The Labute approximate surface area is 143 Å². The molecular formula is C17H16FN3O4. The highest BCUT2D eigenvalue weighted by Gasteiger charge is 2.10. The van der Waals surface area contributed by atoms with E-state index in [4.69, 9.17) is 10.5 Å². The molecule has 4 N–H and O–H groups in total. The highest BCUT2D eigenvalue weighted by molar-refractivity contribution is 5.93. The van der Waals surface area contributed by atoms with Gasteiger partial charge in [-0.15, -0.1) is 0 Å². The number of ether oxygens (including phenoxy) is 1. The molecule has 0 fully saturated rings. The van der Waals surface area contributed by atoms with E-state index in [0.29, 0.717) is 5.69 Å². The summed E-state index contributed by atoms with van der Waals surface area (Å²) >= 11 is 0. The number of nitrogens with one attached hydrogen (secondary N) is 2. The number of anilines is 1. The molecule has 0 saturated heterocycles. The summed E-state index contributed by atoms with van der Waals surface area (Å²) in [6.45, 7) is -0.245. The van der Waals surface area contributed by atoms with E-state index in [1.807, 2.05) is 0 Å². The molecule has 0 spiro atoms. The lowest BCUT2D eigenvalue weighted by atomic mass is 10.2. The van der Waals surface area contributed by atoms with E-state index in [-0.39, 0.29) is 17.9 Å². The Balaban J connectivity index is 1.77. The largest absolute Gasteiger partial charge is 0.452 e. The fourth-order valence-electron chi connectivity index (χ4n) is 1.90. The lowest BCUT2D eigenvalue weighted by Crippen LogP contribution is -2.28. The molecule has 0 heterocycles. The molecule has 7 nitrogen and oxygen atoms in total. The smallest absolute Gasteiger partial charge is 0.338 e. The predicted octanol–water partition coefficient (Wildman–Crippen LogP) is 1.79. The van der Waals surface area contributed by atoms with Crippen molar-refractivity contribution in [3.05, 3.63) is 65.5 Å². The zero-order valence-electron chi connectivity index (χ0n) is 13.1. The van der Waals surface area contributed by atoms with Crippen molar-refractivity contribution in [3.8, 4) is 0 Å². The minimum absolute atomic E-state index is 0.199. The van der Waals surface area contributed by atoms with E-state index < -0.39 is 24.5 Å². The van der Waals surface area contributed by atoms with Crippen molar-refractivity contribution in [1.29, 1.82) is 0 Å². The van der Waals surface area contributed by atoms with Gasteiger partial charge in [-0.25, -0.2) is 14.0 Å². The number of urea groups is 1. The summed E-state index contributed by atoms with van der Waals surface area (Å²) in [6.07, 6.45) is 0. The Bertz CT molecular complexity index is 760. The second-order valence-electron chi connectivity index (χ2n) is 5.05. The Morgan fingerprint density at radius 3 is 2.24 bits per heavy atom. The van der Waals surface area contributed by atoms with E-state index >= 15 is 0 Å².